The van der Waals surface area contributed by atoms with E-state index in [4.69, 9.17) is 5.26 Å². The summed E-state index contributed by atoms with van der Waals surface area (Å²) in [5.74, 6) is -1.59. The summed E-state index contributed by atoms with van der Waals surface area (Å²) in [6, 6.07) is 9.63. The van der Waals surface area contributed by atoms with Crippen LogP contribution in [0.25, 0.3) is 0 Å². The molecule has 0 aromatic heterocycles. The number of sulfonamides is 1. The zero-order valence-corrected chi connectivity index (χ0v) is 20.9. The first-order valence-corrected chi connectivity index (χ1v) is 13.3. The Labute approximate surface area is 217 Å². The molecule has 2 amide bonds. The summed E-state index contributed by atoms with van der Waals surface area (Å²) in [5.41, 5.74) is -0.801. The number of nitriles is 1. The van der Waals surface area contributed by atoms with E-state index in [1.807, 2.05) is 6.07 Å². The third kappa shape index (κ3) is 5.52. The van der Waals surface area contributed by atoms with Gasteiger partial charge >= 0.3 is 6.18 Å². The van der Waals surface area contributed by atoms with Crippen LogP contribution in [0, 0.1) is 17.2 Å². The zero-order valence-electron chi connectivity index (χ0n) is 20.1. The van der Waals surface area contributed by atoms with Gasteiger partial charge in [-0.3, -0.25) is 9.59 Å². The topological polar surface area (TPSA) is 131 Å². The molecule has 2 aliphatic heterocycles. The summed E-state index contributed by atoms with van der Waals surface area (Å²) in [6.07, 6.45) is -3.82. The zero-order chi connectivity index (χ0) is 27.7. The number of rotatable bonds is 7. The minimum absolute atomic E-state index is 0.0553. The molecule has 2 heterocycles. The van der Waals surface area contributed by atoms with E-state index in [2.05, 4.69) is 5.32 Å². The van der Waals surface area contributed by atoms with Gasteiger partial charge in [0, 0.05) is 25.2 Å². The number of aliphatic hydroxyl groups is 1. The fourth-order valence-corrected chi connectivity index (χ4v) is 6.11. The first-order valence-electron chi connectivity index (χ1n) is 11.8. The maximum atomic E-state index is 13.3. The highest BCUT2D eigenvalue weighted by atomic mass is 32.2. The quantitative estimate of drug-likeness (QED) is 0.544. The van der Waals surface area contributed by atoms with Crippen LogP contribution >= 0.6 is 0 Å². The highest BCUT2D eigenvalue weighted by Crippen LogP contribution is 2.31. The maximum Gasteiger partial charge on any atom is 0.416 e. The van der Waals surface area contributed by atoms with Gasteiger partial charge in [0.2, 0.25) is 15.9 Å². The molecule has 0 radical (unpaired) electrons. The Morgan fingerprint density at radius 1 is 1.16 bits per heavy atom. The standard InChI is InChI=1S/C25H25F3N4O5S/c26-25(27,28)19-6-1-4-17(10-19)21(15-33)30-23(34)22-8-3-9-32(22)24(35)18-5-2-7-20(11-18)38(36,37)31-13-16(12-29)14-31/h1-2,4-7,10-11,16,21-22,33H,3,8-9,13-15H2,(H,30,34)/t21?,22-/m1/s1. The Morgan fingerprint density at radius 2 is 1.87 bits per heavy atom. The molecule has 2 aromatic rings. The Hall–Kier alpha value is -3.47. The second-order valence-electron chi connectivity index (χ2n) is 9.20. The fourth-order valence-electron chi connectivity index (χ4n) is 4.54. The number of aliphatic hydroxyl groups excluding tert-OH is 1. The van der Waals surface area contributed by atoms with Gasteiger partial charge in [-0.25, -0.2) is 8.42 Å². The Bertz CT molecular complexity index is 1370. The number of halogens is 3. The van der Waals surface area contributed by atoms with Crippen molar-refractivity contribution in [3.63, 3.8) is 0 Å². The van der Waals surface area contributed by atoms with Crippen LogP contribution in [0.2, 0.25) is 0 Å². The molecule has 2 fully saturated rings. The van der Waals surface area contributed by atoms with Crippen molar-refractivity contribution < 1.29 is 36.3 Å². The van der Waals surface area contributed by atoms with E-state index in [9.17, 15) is 36.3 Å². The summed E-state index contributed by atoms with van der Waals surface area (Å²) in [5, 5.41) is 21.2. The first-order chi connectivity index (χ1) is 18.0. The molecule has 2 N–H and O–H groups in total. The van der Waals surface area contributed by atoms with Gasteiger partial charge in [0.05, 0.1) is 35.1 Å². The van der Waals surface area contributed by atoms with Gasteiger partial charge < -0.3 is 15.3 Å². The SMILES string of the molecule is N#CC1CN(S(=O)(=O)c2cccc(C(=O)N3CCC[C@@H]3C(=O)NC(CO)c3cccc(C(F)(F)F)c3)c2)C1. The molecule has 9 nitrogen and oxygen atoms in total. The maximum absolute atomic E-state index is 13.3. The molecule has 2 saturated heterocycles. The third-order valence-corrected chi connectivity index (χ3v) is 8.51. The molecule has 202 valence electrons. The van der Waals surface area contributed by atoms with Crippen molar-refractivity contribution in [2.24, 2.45) is 5.92 Å². The van der Waals surface area contributed by atoms with Crippen LogP contribution < -0.4 is 5.32 Å². The number of alkyl halides is 3. The summed E-state index contributed by atoms with van der Waals surface area (Å²) < 4.78 is 66.2. The number of benzene rings is 2. The molecular formula is C25H25F3N4O5S. The van der Waals surface area contributed by atoms with Crippen LogP contribution in [-0.2, 0) is 21.0 Å². The molecule has 0 bridgehead atoms. The van der Waals surface area contributed by atoms with Gasteiger partial charge in [-0.2, -0.15) is 22.7 Å². The van der Waals surface area contributed by atoms with E-state index < -0.39 is 52.3 Å². The largest absolute Gasteiger partial charge is 0.416 e. The molecule has 0 saturated carbocycles. The Balaban J connectivity index is 1.49. The van der Waals surface area contributed by atoms with Crippen molar-refractivity contribution in [1.29, 1.82) is 5.26 Å². The second kappa shape index (κ2) is 10.7. The fraction of sp³-hybridized carbons (Fsp3) is 0.400. The van der Waals surface area contributed by atoms with E-state index in [1.54, 1.807) is 0 Å². The second-order valence-corrected chi connectivity index (χ2v) is 11.1. The van der Waals surface area contributed by atoms with Crippen LogP contribution in [0.15, 0.2) is 53.4 Å². The summed E-state index contributed by atoms with van der Waals surface area (Å²) in [6.45, 7) is -0.291. The normalized spacial score (nSPS) is 19.4. The first kappa shape index (κ1) is 27.6. The predicted molar refractivity (Wildman–Crippen MR) is 128 cm³/mol. The van der Waals surface area contributed by atoms with E-state index in [0.717, 1.165) is 16.4 Å². The lowest BCUT2D eigenvalue weighted by Crippen LogP contribution is -2.49. The van der Waals surface area contributed by atoms with Crippen LogP contribution in [0.4, 0.5) is 13.2 Å². The van der Waals surface area contributed by atoms with E-state index >= 15 is 0 Å². The van der Waals surface area contributed by atoms with Gasteiger partial charge in [0.1, 0.15) is 6.04 Å². The average molecular weight is 551 g/mol. The lowest BCUT2D eigenvalue weighted by Gasteiger charge is -2.34. The van der Waals surface area contributed by atoms with Crippen molar-refractivity contribution in [3.8, 4) is 6.07 Å². The number of amides is 2. The third-order valence-electron chi connectivity index (χ3n) is 6.68. The van der Waals surface area contributed by atoms with Crippen molar-refractivity contribution in [2.45, 2.75) is 36.0 Å². The monoisotopic (exact) mass is 550 g/mol. The molecule has 13 heteroatoms. The smallest absolute Gasteiger partial charge is 0.394 e. The van der Waals surface area contributed by atoms with Crippen molar-refractivity contribution in [3.05, 3.63) is 65.2 Å². The van der Waals surface area contributed by atoms with Crippen LogP contribution in [0.3, 0.4) is 0 Å². The minimum Gasteiger partial charge on any atom is -0.394 e. The summed E-state index contributed by atoms with van der Waals surface area (Å²) in [7, 11) is -3.89. The molecule has 4 rings (SSSR count). The molecular weight excluding hydrogens is 525 g/mol. The van der Waals surface area contributed by atoms with E-state index in [-0.39, 0.29) is 41.6 Å². The Morgan fingerprint density at radius 3 is 2.53 bits per heavy atom. The number of likely N-dealkylation sites (tertiary alicyclic amines) is 1. The van der Waals surface area contributed by atoms with Crippen LogP contribution in [0.5, 0.6) is 0 Å². The number of hydrogen-bond donors (Lipinski definition) is 2. The molecule has 0 spiro atoms. The highest BCUT2D eigenvalue weighted by Gasteiger charge is 2.39. The molecule has 0 aliphatic carbocycles. The Kier molecular flexibility index (Phi) is 7.78. The number of carbonyl (C=O) groups is 2. The van der Waals surface area contributed by atoms with E-state index in [1.165, 1.54) is 41.3 Å². The number of hydrogen-bond acceptors (Lipinski definition) is 6. The summed E-state index contributed by atoms with van der Waals surface area (Å²) >= 11 is 0. The molecule has 2 atom stereocenters. The number of carbonyl (C=O) groups excluding carboxylic acids is 2. The average Bonchev–Trinajstić information content (AvgIpc) is 3.36. The van der Waals surface area contributed by atoms with Crippen molar-refractivity contribution in [2.75, 3.05) is 26.2 Å². The van der Waals surface area contributed by atoms with Gasteiger partial charge in [0.25, 0.3) is 5.91 Å². The van der Waals surface area contributed by atoms with Gasteiger partial charge in [0.15, 0.2) is 0 Å². The van der Waals surface area contributed by atoms with Crippen LogP contribution in [0.1, 0.15) is 40.4 Å². The number of nitrogens with one attached hydrogen (secondary N) is 1. The van der Waals surface area contributed by atoms with Crippen LogP contribution in [-0.4, -0.2) is 66.8 Å². The van der Waals surface area contributed by atoms with Gasteiger partial charge in [-0.15, -0.1) is 0 Å². The molecule has 2 aliphatic rings. The lowest BCUT2D eigenvalue weighted by atomic mass is 10.0. The highest BCUT2D eigenvalue weighted by molar-refractivity contribution is 7.89. The van der Waals surface area contributed by atoms with E-state index in [0.29, 0.717) is 12.8 Å². The molecule has 38 heavy (non-hydrogen) atoms. The molecule has 2 aromatic carbocycles. The minimum atomic E-state index is -4.59. The number of nitrogens with zero attached hydrogens (tertiary/aromatic N) is 3. The van der Waals surface area contributed by atoms with Gasteiger partial charge in [-0.1, -0.05) is 18.2 Å². The predicted octanol–water partition coefficient (Wildman–Crippen LogP) is 2.30. The van der Waals surface area contributed by atoms with Crippen molar-refractivity contribution in [1.82, 2.24) is 14.5 Å². The van der Waals surface area contributed by atoms with Gasteiger partial charge in [-0.05, 0) is 48.7 Å². The lowest BCUT2D eigenvalue weighted by molar-refractivity contribution is -0.137. The molecule has 1 unspecified atom stereocenters. The van der Waals surface area contributed by atoms with Crippen molar-refractivity contribution >= 4 is 21.8 Å². The summed E-state index contributed by atoms with van der Waals surface area (Å²) in [4.78, 5) is 27.5.